The molecule has 0 radical (unpaired) electrons. The third-order valence-corrected chi connectivity index (χ3v) is 6.29. The van der Waals surface area contributed by atoms with Crippen molar-refractivity contribution in [3.05, 3.63) is 104 Å². The average Bonchev–Trinajstić information content (AvgIpc) is 2.81. The molecule has 0 spiro atoms. The molecule has 5 nitrogen and oxygen atoms in total. The Hall–Kier alpha value is -3.54. The number of hydrogen-bond donors (Lipinski definition) is 1. The molecule has 0 aliphatic heterocycles. The highest BCUT2D eigenvalue weighted by Gasteiger charge is 2.26. The van der Waals surface area contributed by atoms with Crippen LogP contribution in [0.1, 0.15) is 23.0 Å². The van der Waals surface area contributed by atoms with Crippen LogP contribution < -0.4 is 10.2 Å². The molecular formula is C27H21Cl2NO4. The zero-order chi connectivity index (χ0) is 24.4. The van der Waals surface area contributed by atoms with Gasteiger partial charge >= 0.3 is 5.97 Å². The van der Waals surface area contributed by atoms with Crippen molar-refractivity contribution in [1.82, 2.24) is 4.57 Å². The Kier molecular flexibility index (Phi) is 6.77. The van der Waals surface area contributed by atoms with E-state index in [1.807, 2.05) is 41.8 Å². The van der Waals surface area contributed by atoms with Crippen molar-refractivity contribution >= 4 is 29.2 Å². The quantitative estimate of drug-likeness (QED) is 0.305. The van der Waals surface area contributed by atoms with Gasteiger partial charge in [-0.1, -0.05) is 59.6 Å². The van der Waals surface area contributed by atoms with E-state index in [1.165, 1.54) is 0 Å². The SMILES string of the molecule is CCn1c(C)c(-c2cccc(Oc3ccccc3)c2)c(=O)c(C(=O)O)c1-c1ccc(Cl)c(Cl)c1. The van der Waals surface area contributed by atoms with Gasteiger partial charge in [0.2, 0.25) is 5.43 Å². The molecule has 0 unspecified atom stereocenters. The lowest BCUT2D eigenvalue weighted by Crippen LogP contribution is -2.25. The zero-order valence-electron chi connectivity index (χ0n) is 18.5. The van der Waals surface area contributed by atoms with Crippen LogP contribution in [0.25, 0.3) is 22.4 Å². The number of para-hydroxylation sites is 1. The molecule has 1 aromatic heterocycles. The molecule has 0 saturated heterocycles. The topological polar surface area (TPSA) is 68.5 Å². The van der Waals surface area contributed by atoms with Gasteiger partial charge in [0.25, 0.3) is 0 Å². The maximum absolute atomic E-state index is 13.6. The maximum Gasteiger partial charge on any atom is 0.341 e. The minimum atomic E-state index is -1.31. The van der Waals surface area contributed by atoms with E-state index in [-0.39, 0.29) is 16.3 Å². The van der Waals surface area contributed by atoms with E-state index >= 15 is 0 Å². The van der Waals surface area contributed by atoms with Gasteiger partial charge in [-0.2, -0.15) is 0 Å². The summed E-state index contributed by atoms with van der Waals surface area (Å²) < 4.78 is 7.73. The van der Waals surface area contributed by atoms with Crippen LogP contribution in [-0.2, 0) is 6.54 Å². The molecular weight excluding hydrogens is 473 g/mol. The molecule has 0 saturated carbocycles. The van der Waals surface area contributed by atoms with Crippen LogP contribution in [0.2, 0.25) is 10.0 Å². The van der Waals surface area contributed by atoms with Gasteiger partial charge in [0.05, 0.1) is 15.7 Å². The second-order valence-electron chi connectivity index (χ2n) is 7.63. The summed E-state index contributed by atoms with van der Waals surface area (Å²) in [6.45, 7) is 4.13. The van der Waals surface area contributed by atoms with Gasteiger partial charge < -0.3 is 14.4 Å². The minimum Gasteiger partial charge on any atom is -0.477 e. The van der Waals surface area contributed by atoms with Gasteiger partial charge in [-0.25, -0.2) is 4.79 Å². The number of aromatic carboxylic acids is 1. The monoisotopic (exact) mass is 493 g/mol. The number of nitrogens with zero attached hydrogens (tertiary/aromatic N) is 1. The first-order valence-electron chi connectivity index (χ1n) is 10.6. The molecule has 3 aromatic carbocycles. The Morgan fingerprint density at radius 2 is 1.62 bits per heavy atom. The molecule has 0 bridgehead atoms. The molecule has 1 heterocycles. The predicted molar refractivity (Wildman–Crippen MR) is 135 cm³/mol. The van der Waals surface area contributed by atoms with Crippen LogP contribution >= 0.6 is 23.2 Å². The molecule has 1 N–H and O–H groups in total. The molecule has 4 rings (SSSR count). The van der Waals surface area contributed by atoms with Crippen molar-refractivity contribution in [1.29, 1.82) is 0 Å². The largest absolute Gasteiger partial charge is 0.477 e. The third kappa shape index (κ3) is 4.45. The molecule has 0 aliphatic rings. The number of carboxylic acids is 1. The van der Waals surface area contributed by atoms with Gasteiger partial charge in [-0.15, -0.1) is 0 Å². The normalized spacial score (nSPS) is 10.8. The Morgan fingerprint density at radius 3 is 2.26 bits per heavy atom. The number of pyridine rings is 1. The van der Waals surface area contributed by atoms with Crippen molar-refractivity contribution in [2.24, 2.45) is 0 Å². The number of halogens is 2. The lowest BCUT2D eigenvalue weighted by molar-refractivity contribution is 0.0695. The highest BCUT2D eigenvalue weighted by atomic mass is 35.5. The number of rotatable bonds is 6. The van der Waals surface area contributed by atoms with Crippen LogP contribution in [0.3, 0.4) is 0 Å². The standard InChI is InChI=1S/C27H21Cl2NO4/c1-3-30-16(2)23(17-8-7-11-20(14-17)34-19-9-5-4-6-10-19)26(31)24(27(32)33)25(30)18-12-13-21(28)22(29)15-18/h4-15H,3H2,1-2H3,(H,32,33). The summed E-state index contributed by atoms with van der Waals surface area (Å²) in [5, 5.41) is 10.7. The Morgan fingerprint density at radius 1 is 0.912 bits per heavy atom. The van der Waals surface area contributed by atoms with E-state index in [2.05, 4.69) is 0 Å². The second kappa shape index (κ2) is 9.75. The van der Waals surface area contributed by atoms with Crippen molar-refractivity contribution < 1.29 is 14.6 Å². The molecule has 4 aromatic rings. The summed E-state index contributed by atoms with van der Waals surface area (Å²) >= 11 is 12.3. The van der Waals surface area contributed by atoms with Crippen molar-refractivity contribution in [2.45, 2.75) is 20.4 Å². The highest BCUT2D eigenvalue weighted by molar-refractivity contribution is 6.42. The fourth-order valence-electron chi connectivity index (χ4n) is 4.05. The first-order chi connectivity index (χ1) is 16.3. The molecule has 7 heteroatoms. The molecule has 0 aliphatic carbocycles. The predicted octanol–water partition coefficient (Wildman–Crippen LogP) is 7.31. The van der Waals surface area contributed by atoms with Gasteiger partial charge in [0, 0.05) is 23.4 Å². The van der Waals surface area contributed by atoms with Crippen molar-refractivity contribution in [2.75, 3.05) is 0 Å². The van der Waals surface area contributed by atoms with Crippen LogP contribution in [0.5, 0.6) is 11.5 Å². The van der Waals surface area contributed by atoms with Crippen LogP contribution in [-0.4, -0.2) is 15.6 Å². The van der Waals surface area contributed by atoms with E-state index in [9.17, 15) is 14.7 Å². The summed E-state index contributed by atoms with van der Waals surface area (Å²) in [6.07, 6.45) is 0. The first kappa shape index (κ1) is 23.6. The van der Waals surface area contributed by atoms with E-state index in [1.54, 1.807) is 49.4 Å². The number of ether oxygens (including phenoxy) is 1. The van der Waals surface area contributed by atoms with E-state index in [0.717, 1.165) is 0 Å². The summed E-state index contributed by atoms with van der Waals surface area (Å²) in [5.74, 6) is -0.120. The molecule has 34 heavy (non-hydrogen) atoms. The van der Waals surface area contributed by atoms with E-state index in [0.29, 0.717) is 45.5 Å². The first-order valence-corrected chi connectivity index (χ1v) is 11.4. The molecule has 0 atom stereocenters. The van der Waals surface area contributed by atoms with E-state index < -0.39 is 11.4 Å². The number of carboxylic acid groups (broad SMARTS) is 1. The fraction of sp³-hybridized carbons (Fsp3) is 0.111. The Bertz CT molecular complexity index is 1450. The molecule has 0 fully saturated rings. The lowest BCUT2D eigenvalue weighted by atomic mass is 9.96. The number of carbonyl (C=O) groups is 1. The summed E-state index contributed by atoms with van der Waals surface area (Å²) in [7, 11) is 0. The zero-order valence-corrected chi connectivity index (χ0v) is 20.0. The summed E-state index contributed by atoms with van der Waals surface area (Å²) in [4.78, 5) is 26.0. The average molecular weight is 494 g/mol. The van der Waals surface area contributed by atoms with Gasteiger partial charge in [-0.05, 0) is 55.8 Å². The number of hydrogen-bond acceptors (Lipinski definition) is 3. The van der Waals surface area contributed by atoms with Gasteiger partial charge in [0.1, 0.15) is 17.1 Å². The Balaban J connectivity index is 1.94. The molecule has 0 amide bonds. The number of aromatic nitrogens is 1. The lowest BCUT2D eigenvalue weighted by Gasteiger charge is -2.21. The number of benzene rings is 3. The second-order valence-corrected chi connectivity index (χ2v) is 8.45. The summed E-state index contributed by atoms with van der Waals surface area (Å²) in [6, 6.07) is 21.2. The third-order valence-electron chi connectivity index (χ3n) is 5.55. The Labute approximate surface area is 206 Å². The van der Waals surface area contributed by atoms with Crippen LogP contribution in [0.4, 0.5) is 0 Å². The maximum atomic E-state index is 13.6. The summed E-state index contributed by atoms with van der Waals surface area (Å²) in [5.41, 5.74) is 1.40. The van der Waals surface area contributed by atoms with Gasteiger partial charge in [0.15, 0.2) is 0 Å². The minimum absolute atomic E-state index is 0.276. The van der Waals surface area contributed by atoms with E-state index in [4.69, 9.17) is 27.9 Å². The fourth-order valence-corrected chi connectivity index (χ4v) is 4.35. The smallest absolute Gasteiger partial charge is 0.341 e. The van der Waals surface area contributed by atoms with Crippen molar-refractivity contribution in [3.63, 3.8) is 0 Å². The highest BCUT2D eigenvalue weighted by Crippen LogP contribution is 2.34. The van der Waals surface area contributed by atoms with Crippen molar-refractivity contribution in [3.8, 4) is 33.9 Å². The molecule has 172 valence electrons. The van der Waals surface area contributed by atoms with Gasteiger partial charge in [-0.3, -0.25) is 4.79 Å². The van der Waals surface area contributed by atoms with Crippen LogP contribution in [0, 0.1) is 6.92 Å². The van der Waals surface area contributed by atoms with Crippen LogP contribution in [0.15, 0.2) is 77.6 Å².